The molecule has 1 saturated heterocycles. The third-order valence-corrected chi connectivity index (χ3v) is 6.39. The number of halogens is 3. The van der Waals surface area contributed by atoms with Crippen molar-refractivity contribution in [1.29, 1.82) is 0 Å². The second-order valence-electron chi connectivity index (χ2n) is 8.08. The lowest BCUT2D eigenvalue weighted by Crippen LogP contribution is -2.38. The van der Waals surface area contributed by atoms with Crippen LogP contribution in [0.2, 0.25) is 5.02 Å². The van der Waals surface area contributed by atoms with Crippen LogP contribution in [0.25, 0.3) is 11.2 Å². The van der Waals surface area contributed by atoms with E-state index in [0.29, 0.717) is 40.5 Å². The molecular formula is C20H22ClF2N7. The summed E-state index contributed by atoms with van der Waals surface area (Å²) in [7, 11) is 1.95. The lowest BCUT2D eigenvalue weighted by atomic mass is 9.92. The molecule has 1 saturated carbocycles. The topological polar surface area (TPSA) is 63.0 Å². The zero-order valence-corrected chi connectivity index (χ0v) is 17.4. The second kappa shape index (κ2) is 7.30. The van der Waals surface area contributed by atoms with Gasteiger partial charge in [0.2, 0.25) is 5.95 Å². The monoisotopic (exact) mass is 433 g/mol. The average Bonchev–Trinajstić information content (AvgIpc) is 3.24. The van der Waals surface area contributed by atoms with Crippen LogP contribution in [-0.4, -0.2) is 57.1 Å². The highest BCUT2D eigenvalue weighted by atomic mass is 35.5. The van der Waals surface area contributed by atoms with Gasteiger partial charge >= 0.3 is 0 Å². The predicted molar refractivity (Wildman–Crippen MR) is 111 cm³/mol. The number of alkyl halides is 2. The Morgan fingerprint density at radius 1 is 1.23 bits per heavy atom. The Labute approximate surface area is 177 Å². The molecular weight excluding hydrogens is 412 g/mol. The normalized spacial score (nSPS) is 18.7. The van der Waals surface area contributed by atoms with Crippen LogP contribution in [0.1, 0.15) is 31.2 Å². The van der Waals surface area contributed by atoms with Crippen molar-refractivity contribution in [2.45, 2.75) is 44.2 Å². The maximum absolute atomic E-state index is 13.9. The highest BCUT2D eigenvalue weighted by Gasteiger charge is 2.40. The summed E-state index contributed by atoms with van der Waals surface area (Å²) in [5.74, 6) is -1.80. The van der Waals surface area contributed by atoms with Gasteiger partial charge < -0.3 is 9.80 Å². The summed E-state index contributed by atoms with van der Waals surface area (Å²) in [6, 6.07) is 7.87. The molecule has 2 aromatic heterocycles. The molecule has 0 atom stereocenters. The lowest BCUT2D eigenvalue weighted by molar-refractivity contribution is 0.0257. The highest BCUT2D eigenvalue weighted by molar-refractivity contribution is 6.31. The minimum absolute atomic E-state index is 0.194. The van der Waals surface area contributed by atoms with Crippen LogP contribution < -0.4 is 9.80 Å². The van der Waals surface area contributed by atoms with Crippen molar-refractivity contribution < 1.29 is 8.78 Å². The van der Waals surface area contributed by atoms with Crippen LogP contribution in [0.15, 0.2) is 24.3 Å². The Balaban J connectivity index is 1.59. The SMILES string of the molecule is CN(c1nc(N2CCC(F)(F)C2)c2nnn(Cc3ccccc3Cl)c2n1)C1CCC1. The Morgan fingerprint density at radius 3 is 2.70 bits per heavy atom. The van der Waals surface area contributed by atoms with Crippen molar-refractivity contribution in [3.8, 4) is 0 Å². The molecule has 0 bridgehead atoms. The summed E-state index contributed by atoms with van der Waals surface area (Å²) in [6.07, 6.45) is 3.13. The first-order chi connectivity index (χ1) is 14.4. The fourth-order valence-electron chi connectivity index (χ4n) is 3.96. The Hall–Kier alpha value is -2.55. The van der Waals surface area contributed by atoms with Gasteiger partial charge in [-0.25, -0.2) is 13.5 Å². The number of nitrogens with zero attached hydrogens (tertiary/aromatic N) is 7. The molecule has 2 aliphatic rings. The molecule has 0 amide bonds. The van der Waals surface area contributed by atoms with Crippen molar-refractivity contribution in [2.75, 3.05) is 29.9 Å². The van der Waals surface area contributed by atoms with E-state index in [2.05, 4.69) is 15.3 Å². The standard InChI is InChI=1S/C20H22ClF2N7/c1-28(14-6-4-7-14)19-24-17(29-10-9-20(22,23)12-29)16-18(25-19)30(27-26-16)11-13-5-2-3-8-15(13)21/h2-3,5,8,14H,4,6-7,9-12H2,1H3. The summed E-state index contributed by atoms with van der Waals surface area (Å²) >= 11 is 6.31. The van der Waals surface area contributed by atoms with E-state index >= 15 is 0 Å². The molecule has 3 heterocycles. The van der Waals surface area contributed by atoms with E-state index in [1.165, 1.54) is 6.42 Å². The van der Waals surface area contributed by atoms with Crippen molar-refractivity contribution in [1.82, 2.24) is 25.0 Å². The first-order valence-electron chi connectivity index (χ1n) is 10.1. The first kappa shape index (κ1) is 19.4. The molecule has 1 aliphatic carbocycles. The smallest absolute Gasteiger partial charge is 0.266 e. The van der Waals surface area contributed by atoms with Gasteiger partial charge in [-0.05, 0) is 30.9 Å². The number of hydrogen-bond acceptors (Lipinski definition) is 6. The van der Waals surface area contributed by atoms with Crippen molar-refractivity contribution >= 4 is 34.5 Å². The van der Waals surface area contributed by atoms with Crippen LogP contribution in [-0.2, 0) is 6.54 Å². The van der Waals surface area contributed by atoms with Gasteiger partial charge in [0.15, 0.2) is 17.0 Å². The quantitative estimate of drug-likeness (QED) is 0.610. The summed E-state index contributed by atoms with van der Waals surface area (Å²) in [6.45, 7) is 0.238. The predicted octanol–water partition coefficient (Wildman–Crippen LogP) is 3.76. The highest BCUT2D eigenvalue weighted by Crippen LogP contribution is 2.35. The zero-order valence-electron chi connectivity index (χ0n) is 16.6. The fraction of sp³-hybridized carbons (Fsp3) is 0.500. The van der Waals surface area contributed by atoms with E-state index < -0.39 is 5.92 Å². The van der Waals surface area contributed by atoms with Gasteiger partial charge in [0.1, 0.15) is 0 Å². The molecule has 2 fully saturated rings. The molecule has 158 valence electrons. The van der Waals surface area contributed by atoms with Gasteiger partial charge in [-0.15, -0.1) is 5.10 Å². The van der Waals surface area contributed by atoms with Gasteiger partial charge in [-0.1, -0.05) is 35.0 Å². The van der Waals surface area contributed by atoms with Gasteiger partial charge in [-0.2, -0.15) is 9.97 Å². The average molecular weight is 434 g/mol. The summed E-state index contributed by atoms with van der Waals surface area (Å²) in [5, 5.41) is 9.13. The van der Waals surface area contributed by atoms with E-state index in [0.717, 1.165) is 18.4 Å². The molecule has 7 nitrogen and oxygen atoms in total. The van der Waals surface area contributed by atoms with E-state index in [4.69, 9.17) is 16.6 Å². The van der Waals surface area contributed by atoms with Crippen LogP contribution in [0.5, 0.6) is 0 Å². The number of rotatable bonds is 5. The van der Waals surface area contributed by atoms with Gasteiger partial charge in [-0.3, -0.25) is 0 Å². The van der Waals surface area contributed by atoms with Crippen molar-refractivity contribution in [2.24, 2.45) is 0 Å². The van der Waals surface area contributed by atoms with Gasteiger partial charge in [0.05, 0.1) is 13.1 Å². The first-order valence-corrected chi connectivity index (χ1v) is 10.5. The molecule has 0 unspecified atom stereocenters. The zero-order chi connectivity index (χ0) is 20.9. The second-order valence-corrected chi connectivity index (χ2v) is 8.49. The third kappa shape index (κ3) is 3.45. The van der Waals surface area contributed by atoms with Crippen LogP contribution >= 0.6 is 11.6 Å². The summed E-state index contributed by atoms with van der Waals surface area (Å²) in [5.41, 5.74) is 1.84. The Kier molecular flexibility index (Phi) is 4.72. The fourth-order valence-corrected chi connectivity index (χ4v) is 4.15. The van der Waals surface area contributed by atoms with E-state index in [1.807, 2.05) is 36.2 Å². The van der Waals surface area contributed by atoms with Crippen molar-refractivity contribution in [3.05, 3.63) is 34.9 Å². The van der Waals surface area contributed by atoms with E-state index in [-0.39, 0.29) is 19.5 Å². The molecule has 0 spiro atoms. The summed E-state index contributed by atoms with van der Waals surface area (Å²) in [4.78, 5) is 13.0. The number of anilines is 2. The molecule has 0 N–H and O–H groups in total. The minimum atomic E-state index is -2.73. The lowest BCUT2D eigenvalue weighted by Gasteiger charge is -2.35. The van der Waals surface area contributed by atoms with Gasteiger partial charge in [0, 0.05) is 31.1 Å². The van der Waals surface area contributed by atoms with Crippen LogP contribution in [0.3, 0.4) is 0 Å². The summed E-state index contributed by atoms with van der Waals surface area (Å²) < 4.78 is 29.5. The van der Waals surface area contributed by atoms with Crippen LogP contribution in [0.4, 0.5) is 20.5 Å². The Bertz CT molecular complexity index is 1080. The van der Waals surface area contributed by atoms with Crippen LogP contribution in [0, 0.1) is 0 Å². The Morgan fingerprint density at radius 2 is 2.03 bits per heavy atom. The third-order valence-electron chi connectivity index (χ3n) is 6.02. The number of fused-ring (bicyclic) bond motifs is 1. The molecule has 1 aliphatic heterocycles. The minimum Gasteiger partial charge on any atom is -0.348 e. The maximum Gasteiger partial charge on any atom is 0.266 e. The molecule has 1 aromatic carbocycles. The molecule has 30 heavy (non-hydrogen) atoms. The maximum atomic E-state index is 13.9. The number of hydrogen-bond donors (Lipinski definition) is 0. The molecule has 5 rings (SSSR count). The molecule has 10 heteroatoms. The number of benzene rings is 1. The van der Waals surface area contributed by atoms with E-state index in [9.17, 15) is 8.78 Å². The largest absolute Gasteiger partial charge is 0.348 e. The number of aromatic nitrogens is 5. The molecule has 3 aromatic rings. The molecule has 0 radical (unpaired) electrons. The van der Waals surface area contributed by atoms with Gasteiger partial charge in [0.25, 0.3) is 5.92 Å². The van der Waals surface area contributed by atoms with Crippen molar-refractivity contribution in [3.63, 3.8) is 0 Å². The van der Waals surface area contributed by atoms with E-state index in [1.54, 1.807) is 9.58 Å².